The lowest BCUT2D eigenvalue weighted by Crippen LogP contribution is -2.59. The number of aromatic nitrogens is 2. The predicted octanol–water partition coefficient (Wildman–Crippen LogP) is 5.07. The molecule has 2 fully saturated rings. The zero-order valence-corrected chi connectivity index (χ0v) is 18.1. The molecule has 0 bridgehead atoms. The maximum Gasteiger partial charge on any atom is 0.416 e. The lowest BCUT2D eigenvalue weighted by molar-refractivity contribution is -0.138. The van der Waals surface area contributed by atoms with Crippen molar-refractivity contribution in [2.45, 2.75) is 51.0 Å². The molecule has 2 aliphatic heterocycles. The van der Waals surface area contributed by atoms with Crippen molar-refractivity contribution in [2.75, 3.05) is 23.3 Å². The Morgan fingerprint density at radius 2 is 2.09 bits per heavy atom. The number of hydrogen-bond donors (Lipinski definition) is 2. The van der Waals surface area contributed by atoms with Crippen LogP contribution in [0.2, 0.25) is 0 Å². The van der Waals surface area contributed by atoms with Crippen molar-refractivity contribution in [3.8, 4) is 0 Å². The van der Waals surface area contributed by atoms with E-state index in [0.29, 0.717) is 29.9 Å². The van der Waals surface area contributed by atoms with Gasteiger partial charge in [-0.1, -0.05) is 25.1 Å². The second-order valence-electron chi connectivity index (χ2n) is 8.65. The Bertz CT molecular complexity index is 1150. The first-order valence-corrected chi connectivity index (χ1v) is 11.1. The number of benzene rings is 2. The summed E-state index contributed by atoms with van der Waals surface area (Å²) in [5.41, 5.74) is 1.42. The van der Waals surface area contributed by atoms with Crippen molar-refractivity contribution in [3.05, 3.63) is 59.3 Å². The Kier molecular flexibility index (Phi) is 5.20. The van der Waals surface area contributed by atoms with Gasteiger partial charge in [-0.15, -0.1) is 5.10 Å². The van der Waals surface area contributed by atoms with Gasteiger partial charge in [-0.3, -0.25) is 0 Å². The molecule has 0 spiro atoms. The minimum absolute atomic E-state index is 0.244. The van der Waals surface area contributed by atoms with E-state index in [9.17, 15) is 13.2 Å². The van der Waals surface area contributed by atoms with Gasteiger partial charge in [-0.05, 0) is 49.1 Å². The largest absolute Gasteiger partial charge is 0.416 e. The normalized spacial score (nSPS) is 21.3. The van der Waals surface area contributed by atoms with Gasteiger partial charge in [0.15, 0.2) is 5.82 Å². The number of rotatable bonds is 5. The van der Waals surface area contributed by atoms with Crippen molar-refractivity contribution in [1.29, 1.82) is 0 Å². The Balaban J connectivity index is 1.50. The van der Waals surface area contributed by atoms with E-state index in [-0.39, 0.29) is 11.6 Å². The molecule has 3 atom stereocenters. The molecule has 2 saturated heterocycles. The van der Waals surface area contributed by atoms with Gasteiger partial charge in [-0.25, -0.2) is 0 Å². The van der Waals surface area contributed by atoms with Crippen LogP contribution in [0.5, 0.6) is 0 Å². The van der Waals surface area contributed by atoms with Gasteiger partial charge in [0.2, 0.25) is 0 Å². The summed E-state index contributed by atoms with van der Waals surface area (Å²) in [6.07, 6.45) is -0.911. The molecule has 2 N–H and O–H groups in total. The molecule has 3 heterocycles. The summed E-state index contributed by atoms with van der Waals surface area (Å²) in [6, 6.07) is 11.4. The van der Waals surface area contributed by atoms with Crippen LogP contribution in [0.25, 0.3) is 10.8 Å². The first kappa shape index (κ1) is 21.0. The molecule has 32 heavy (non-hydrogen) atoms. The van der Waals surface area contributed by atoms with Gasteiger partial charge >= 0.3 is 6.18 Å². The Labute approximate surface area is 185 Å². The third kappa shape index (κ3) is 3.56. The molecular formula is C24H26F3N5. The smallest absolute Gasteiger partial charge is 0.366 e. The van der Waals surface area contributed by atoms with Crippen LogP contribution in [0.15, 0.2) is 42.6 Å². The van der Waals surface area contributed by atoms with Crippen LogP contribution >= 0.6 is 0 Å². The molecule has 2 aromatic carbocycles. The summed E-state index contributed by atoms with van der Waals surface area (Å²) in [7, 11) is 0. The molecule has 3 aromatic rings. The maximum atomic E-state index is 13.4. The molecule has 8 heteroatoms. The second-order valence-corrected chi connectivity index (χ2v) is 8.65. The first-order valence-electron chi connectivity index (χ1n) is 11.1. The molecule has 0 saturated carbocycles. The molecule has 168 valence electrons. The lowest BCUT2D eigenvalue weighted by atomic mass is 9.95. The summed E-state index contributed by atoms with van der Waals surface area (Å²) < 4.78 is 40.3. The van der Waals surface area contributed by atoms with E-state index >= 15 is 0 Å². The van der Waals surface area contributed by atoms with Crippen LogP contribution in [0.4, 0.5) is 24.7 Å². The SMILES string of the molecule is CC[C@@H](Nc1nncc2ccc(N3CC[C@H]4NC[C@H]43)cc12)c1cccc(C(F)(F)F)c1C. The zero-order valence-electron chi connectivity index (χ0n) is 18.1. The third-order valence-corrected chi connectivity index (χ3v) is 6.89. The predicted molar refractivity (Wildman–Crippen MR) is 120 cm³/mol. The van der Waals surface area contributed by atoms with Crippen molar-refractivity contribution >= 4 is 22.3 Å². The Morgan fingerprint density at radius 1 is 1.25 bits per heavy atom. The molecule has 0 radical (unpaired) electrons. The Hall–Kier alpha value is -2.87. The molecule has 0 amide bonds. The van der Waals surface area contributed by atoms with E-state index in [0.717, 1.165) is 42.0 Å². The quantitative estimate of drug-likeness (QED) is 0.579. The van der Waals surface area contributed by atoms with Gasteiger partial charge < -0.3 is 15.5 Å². The number of anilines is 2. The molecule has 0 unspecified atom stereocenters. The number of halogens is 3. The summed E-state index contributed by atoms with van der Waals surface area (Å²) in [4.78, 5) is 2.43. The van der Waals surface area contributed by atoms with E-state index in [2.05, 4.69) is 37.9 Å². The first-order chi connectivity index (χ1) is 15.4. The average Bonchev–Trinajstić information content (AvgIpc) is 3.04. The van der Waals surface area contributed by atoms with Gasteiger partial charge in [0.25, 0.3) is 0 Å². The number of alkyl halides is 3. The zero-order chi connectivity index (χ0) is 22.5. The molecule has 0 aliphatic carbocycles. The molecular weight excluding hydrogens is 415 g/mol. The van der Waals surface area contributed by atoms with E-state index in [1.165, 1.54) is 13.0 Å². The summed E-state index contributed by atoms with van der Waals surface area (Å²) in [5.74, 6) is 0.593. The van der Waals surface area contributed by atoms with E-state index in [1.54, 1.807) is 12.3 Å². The second kappa shape index (κ2) is 7.92. The van der Waals surface area contributed by atoms with Crippen LogP contribution in [-0.4, -0.2) is 35.4 Å². The fourth-order valence-electron chi connectivity index (χ4n) is 5.03. The van der Waals surface area contributed by atoms with Crippen LogP contribution in [0.1, 0.15) is 42.5 Å². The topological polar surface area (TPSA) is 53.1 Å². The molecule has 1 aromatic heterocycles. The highest BCUT2D eigenvalue weighted by molar-refractivity contribution is 5.93. The average molecular weight is 442 g/mol. The van der Waals surface area contributed by atoms with Gasteiger partial charge in [0.1, 0.15) is 0 Å². The van der Waals surface area contributed by atoms with Crippen LogP contribution in [0, 0.1) is 6.92 Å². The Morgan fingerprint density at radius 3 is 2.78 bits per heavy atom. The monoisotopic (exact) mass is 441 g/mol. The molecule has 5 rings (SSSR count). The van der Waals surface area contributed by atoms with Crippen molar-refractivity contribution in [2.24, 2.45) is 0 Å². The van der Waals surface area contributed by atoms with Crippen molar-refractivity contribution in [3.63, 3.8) is 0 Å². The third-order valence-electron chi connectivity index (χ3n) is 6.89. The molecule has 2 aliphatic rings. The highest BCUT2D eigenvalue weighted by atomic mass is 19.4. The number of fused-ring (bicyclic) bond motifs is 2. The summed E-state index contributed by atoms with van der Waals surface area (Å²) in [5, 5.41) is 17.2. The van der Waals surface area contributed by atoms with Crippen molar-refractivity contribution in [1.82, 2.24) is 15.5 Å². The number of hydrogen-bond acceptors (Lipinski definition) is 5. The van der Waals surface area contributed by atoms with E-state index < -0.39 is 11.7 Å². The standard InChI is InChI=1S/C24H26F3N5/c1-3-20(17-5-4-6-19(14(17)2)24(25,26)27)30-23-18-11-16(8-7-15(18)12-29-31-23)32-10-9-21-22(32)13-28-21/h4-8,11-12,20-22,28H,3,9-10,13H2,1-2H3,(H,30,31)/t20-,21-,22-/m1/s1. The molecule has 5 nitrogen and oxygen atoms in total. The van der Waals surface area contributed by atoms with E-state index in [1.807, 2.05) is 13.0 Å². The minimum atomic E-state index is -4.38. The summed E-state index contributed by atoms with van der Waals surface area (Å²) in [6.45, 7) is 5.49. The number of nitrogens with zero attached hydrogens (tertiary/aromatic N) is 3. The maximum absolute atomic E-state index is 13.4. The highest BCUT2D eigenvalue weighted by Gasteiger charge is 2.40. The van der Waals surface area contributed by atoms with Gasteiger partial charge in [0, 0.05) is 35.6 Å². The fourth-order valence-corrected chi connectivity index (χ4v) is 5.03. The fraction of sp³-hybridized carbons (Fsp3) is 0.417. The van der Waals surface area contributed by atoms with E-state index in [4.69, 9.17) is 0 Å². The van der Waals surface area contributed by atoms with Gasteiger partial charge in [-0.2, -0.15) is 18.3 Å². The van der Waals surface area contributed by atoms with Crippen molar-refractivity contribution < 1.29 is 13.2 Å². The van der Waals surface area contributed by atoms with Crippen LogP contribution < -0.4 is 15.5 Å². The minimum Gasteiger partial charge on any atom is -0.366 e. The summed E-state index contributed by atoms with van der Waals surface area (Å²) >= 11 is 0. The highest BCUT2D eigenvalue weighted by Crippen LogP contribution is 2.37. The number of nitrogens with one attached hydrogen (secondary N) is 2. The lowest BCUT2D eigenvalue weighted by Gasteiger charge is -2.38. The van der Waals surface area contributed by atoms with Crippen LogP contribution in [-0.2, 0) is 6.18 Å². The van der Waals surface area contributed by atoms with Gasteiger partial charge in [0.05, 0.1) is 23.8 Å². The van der Waals surface area contributed by atoms with Crippen LogP contribution in [0.3, 0.4) is 0 Å².